The van der Waals surface area contributed by atoms with E-state index in [9.17, 15) is 13.0 Å². The molecule has 2 rings (SSSR count). The van der Waals surface area contributed by atoms with Crippen molar-refractivity contribution in [2.45, 2.75) is 4.90 Å². The maximum atomic E-state index is 11.3. The van der Waals surface area contributed by atoms with Crippen LogP contribution in [0.5, 0.6) is 0 Å². The number of hydrogen-bond donors (Lipinski definition) is 3. The third kappa shape index (κ3) is 3.68. The van der Waals surface area contributed by atoms with Gasteiger partial charge in [-0.2, -0.15) is 8.42 Å². The van der Waals surface area contributed by atoms with Gasteiger partial charge in [0.05, 0.1) is 0 Å². The molecular formula is C12H14N2NaO3S+. The van der Waals surface area contributed by atoms with Crippen LogP contribution >= 0.6 is 0 Å². The van der Waals surface area contributed by atoms with E-state index in [0.717, 1.165) is 11.1 Å². The van der Waals surface area contributed by atoms with E-state index in [0.29, 0.717) is 18.5 Å². The molecule has 4 N–H and O–H groups in total. The number of hydrogen-bond acceptors (Lipinski definition) is 4. The summed E-state index contributed by atoms with van der Waals surface area (Å²) in [7, 11) is -4.22. The minimum atomic E-state index is -4.22. The van der Waals surface area contributed by atoms with Gasteiger partial charge in [0.15, 0.2) is 0 Å². The molecule has 5 nitrogen and oxygen atoms in total. The molecule has 0 aliphatic rings. The molecule has 0 unspecified atom stereocenters. The van der Waals surface area contributed by atoms with E-state index in [1.165, 1.54) is 6.07 Å². The third-order valence-corrected chi connectivity index (χ3v) is 3.53. The van der Waals surface area contributed by atoms with Gasteiger partial charge < -0.3 is 11.1 Å². The zero-order valence-corrected chi connectivity index (χ0v) is 13.4. The van der Waals surface area contributed by atoms with Gasteiger partial charge in [0.2, 0.25) is 0 Å². The zero-order valence-electron chi connectivity index (χ0n) is 10.6. The number of benzene rings is 2. The standard InChI is InChI=1S/C12H14N2O3S.Na/c13-7-8-14-11-5-1-4-10-9(11)3-2-6-12(10)18(15,16)17;/h1-6,14H,7-8,13H2,(H,15,16,17);/q;+1. The fraction of sp³-hybridized carbons (Fsp3) is 0.167. The molecule has 2 aromatic rings. The van der Waals surface area contributed by atoms with Gasteiger partial charge in [-0.3, -0.25) is 4.55 Å². The molecule has 0 amide bonds. The Kier molecular flexibility index (Phi) is 5.79. The first-order chi connectivity index (χ1) is 8.54. The first-order valence-electron chi connectivity index (χ1n) is 5.47. The molecule has 0 aliphatic heterocycles. The molecule has 2 aromatic carbocycles. The van der Waals surface area contributed by atoms with Gasteiger partial charge in [-0.25, -0.2) is 0 Å². The van der Waals surface area contributed by atoms with E-state index in [2.05, 4.69) is 5.32 Å². The summed E-state index contributed by atoms with van der Waals surface area (Å²) in [5.41, 5.74) is 6.22. The second kappa shape index (κ2) is 6.69. The Hall–Kier alpha value is -0.630. The predicted molar refractivity (Wildman–Crippen MR) is 71.3 cm³/mol. The van der Waals surface area contributed by atoms with Gasteiger partial charge in [-0.05, 0) is 12.1 Å². The normalized spacial score (nSPS) is 11.1. The minimum absolute atomic E-state index is 0. The van der Waals surface area contributed by atoms with Crippen LogP contribution in [0.2, 0.25) is 0 Å². The summed E-state index contributed by atoms with van der Waals surface area (Å²) in [6.45, 7) is 1.07. The Labute approximate surface area is 134 Å². The summed E-state index contributed by atoms with van der Waals surface area (Å²) < 4.78 is 31.8. The first-order valence-corrected chi connectivity index (χ1v) is 6.91. The van der Waals surface area contributed by atoms with Crippen molar-refractivity contribution in [1.29, 1.82) is 0 Å². The Morgan fingerprint density at radius 3 is 2.37 bits per heavy atom. The summed E-state index contributed by atoms with van der Waals surface area (Å²) in [6, 6.07) is 10.00. The molecule has 0 saturated heterocycles. The molecule has 0 spiro atoms. The van der Waals surface area contributed by atoms with Crippen molar-refractivity contribution in [1.82, 2.24) is 0 Å². The monoisotopic (exact) mass is 289 g/mol. The van der Waals surface area contributed by atoms with E-state index in [1.54, 1.807) is 24.3 Å². The van der Waals surface area contributed by atoms with Crippen LogP contribution in [-0.2, 0) is 10.1 Å². The molecule has 0 saturated carbocycles. The predicted octanol–water partition coefficient (Wildman–Crippen LogP) is -1.54. The van der Waals surface area contributed by atoms with E-state index in [-0.39, 0.29) is 34.5 Å². The second-order valence-electron chi connectivity index (χ2n) is 3.85. The van der Waals surface area contributed by atoms with Crippen molar-refractivity contribution in [3.05, 3.63) is 36.4 Å². The van der Waals surface area contributed by atoms with Crippen molar-refractivity contribution in [3.63, 3.8) is 0 Å². The van der Waals surface area contributed by atoms with Gasteiger partial charge in [0, 0.05) is 29.5 Å². The topological polar surface area (TPSA) is 92.4 Å². The molecular weight excluding hydrogens is 275 g/mol. The summed E-state index contributed by atoms with van der Waals surface area (Å²) in [6.07, 6.45) is 0. The van der Waals surface area contributed by atoms with Crippen molar-refractivity contribution in [2.75, 3.05) is 18.4 Å². The van der Waals surface area contributed by atoms with Crippen molar-refractivity contribution in [2.24, 2.45) is 5.73 Å². The number of rotatable bonds is 4. The number of nitrogens with two attached hydrogens (primary N) is 1. The van der Waals surface area contributed by atoms with Gasteiger partial charge in [-0.15, -0.1) is 0 Å². The van der Waals surface area contributed by atoms with Gasteiger partial charge in [0.1, 0.15) is 4.90 Å². The summed E-state index contributed by atoms with van der Waals surface area (Å²) >= 11 is 0. The zero-order chi connectivity index (χ0) is 13.2. The van der Waals surface area contributed by atoms with Crippen LogP contribution < -0.4 is 40.6 Å². The van der Waals surface area contributed by atoms with E-state index < -0.39 is 10.1 Å². The van der Waals surface area contributed by atoms with Crippen molar-refractivity contribution in [3.8, 4) is 0 Å². The molecule has 0 aromatic heterocycles. The fourth-order valence-corrected chi connectivity index (χ4v) is 2.57. The molecule has 0 atom stereocenters. The summed E-state index contributed by atoms with van der Waals surface area (Å²) in [4.78, 5) is -0.0867. The van der Waals surface area contributed by atoms with Crippen LogP contribution in [0.3, 0.4) is 0 Å². The van der Waals surface area contributed by atoms with Crippen LogP contribution in [0.1, 0.15) is 0 Å². The Morgan fingerprint density at radius 2 is 1.74 bits per heavy atom. The second-order valence-corrected chi connectivity index (χ2v) is 5.24. The molecule has 19 heavy (non-hydrogen) atoms. The quantitative estimate of drug-likeness (QED) is 0.469. The molecule has 0 fully saturated rings. The van der Waals surface area contributed by atoms with Crippen LogP contribution in [0.4, 0.5) is 5.69 Å². The fourth-order valence-electron chi connectivity index (χ4n) is 1.87. The molecule has 0 aliphatic carbocycles. The van der Waals surface area contributed by atoms with E-state index in [4.69, 9.17) is 5.73 Å². The number of fused-ring (bicyclic) bond motifs is 1. The Bertz CT molecular complexity index is 674. The van der Waals surface area contributed by atoms with E-state index in [1.807, 2.05) is 6.07 Å². The largest absolute Gasteiger partial charge is 1.00 e. The molecule has 7 heteroatoms. The SMILES string of the molecule is NCCNc1cccc2c(S(=O)(=O)O)cccc12.[Na+]. The number of anilines is 1. The van der Waals surface area contributed by atoms with Crippen LogP contribution in [0.15, 0.2) is 41.3 Å². The van der Waals surface area contributed by atoms with Gasteiger partial charge >= 0.3 is 29.6 Å². The van der Waals surface area contributed by atoms with Crippen molar-refractivity contribution >= 4 is 26.6 Å². The maximum absolute atomic E-state index is 11.3. The first kappa shape index (κ1) is 16.4. The van der Waals surface area contributed by atoms with Gasteiger partial charge in [0.25, 0.3) is 10.1 Å². The number of nitrogens with one attached hydrogen (secondary N) is 1. The summed E-state index contributed by atoms with van der Waals surface area (Å²) in [5, 5.41) is 4.34. The maximum Gasteiger partial charge on any atom is 1.00 e. The van der Waals surface area contributed by atoms with Crippen molar-refractivity contribution < 1.29 is 42.5 Å². The average Bonchev–Trinajstić information content (AvgIpc) is 2.34. The van der Waals surface area contributed by atoms with Gasteiger partial charge in [-0.1, -0.05) is 24.3 Å². The Balaban J connectivity index is 0.00000180. The van der Waals surface area contributed by atoms with Crippen LogP contribution in [0, 0.1) is 0 Å². The third-order valence-electron chi connectivity index (χ3n) is 2.62. The minimum Gasteiger partial charge on any atom is -0.383 e. The molecule has 96 valence electrons. The molecule has 0 bridgehead atoms. The Morgan fingerprint density at radius 1 is 1.11 bits per heavy atom. The van der Waals surface area contributed by atoms with Crippen LogP contribution in [0.25, 0.3) is 10.8 Å². The molecule has 0 radical (unpaired) electrons. The molecule has 0 heterocycles. The van der Waals surface area contributed by atoms with E-state index >= 15 is 0 Å². The van der Waals surface area contributed by atoms with Crippen LogP contribution in [-0.4, -0.2) is 26.1 Å². The smallest absolute Gasteiger partial charge is 0.383 e. The average molecular weight is 289 g/mol. The summed E-state index contributed by atoms with van der Waals surface area (Å²) in [5.74, 6) is 0.